The number of benzene rings is 1. The summed E-state index contributed by atoms with van der Waals surface area (Å²) in [5.74, 6) is -0.457. The van der Waals surface area contributed by atoms with Gasteiger partial charge in [0.2, 0.25) is 0 Å². The van der Waals surface area contributed by atoms with Gasteiger partial charge in [0.25, 0.3) is 0 Å². The molecule has 1 N–H and O–H groups in total. The molecule has 118 valence electrons. The first-order chi connectivity index (χ1) is 11.7. The number of nitrogens with one attached hydrogen (secondary N) is 1. The largest absolute Gasteiger partial charge is 0.460 e. The zero-order valence-corrected chi connectivity index (χ0v) is 13.1. The second-order valence-corrected chi connectivity index (χ2v) is 5.56. The molecule has 0 atom stereocenters. The van der Waals surface area contributed by atoms with Gasteiger partial charge in [0.1, 0.15) is 17.8 Å². The number of nitrogens with zero attached hydrogens (tertiary/aromatic N) is 2. The van der Waals surface area contributed by atoms with Crippen LogP contribution in [0.4, 0.5) is 15.8 Å². The highest BCUT2D eigenvalue weighted by Gasteiger charge is 2.13. The molecule has 4 rings (SSSR count). The molecule has 0 bridgehead atoms. The lowest BCUT2D eigenvalue weighted by atomic mass is 10.2. The third kappa shape index (κ3) is 2.59. The van der Waals surface area contributed by atoms with Crippen molar-refractivity contribution in [3.8, 4) is 11.4 Å². The van der Waals surface area contributed by atoms with E-state index in [1.54, 1.807) is 24.7 Å². The van der Waals surface area contributed by atoms with E-state index in [0.29, 0.717) is 17.0 Å². The summed E-state index contributed by atoms with van der Waals surface area (Å²) in [6, 6.07) is 11.9. The smallest absolute Gasteiger partial charge is 0.163 e. The van der Waals surface area contributed by atoms with Gasteiger partial charge in [-0.1, -0.05) is 17.7 Å². The van der Waals surface area contributed by atoms with Crippen molar-refractivity contribution in [2.24, 2.45) is 0 Å². The van der Waals surface area contributed by atoms with Crippen LogP contribution in [0.15, 0.2) is 65.5 Å². The molecule has 6 heteroatoms. The Bertz CT molecular complexity index is 1020. The normalized spacial score (nSPS) is 10.9. The van der Waals surface area contributed by atoms with Gasteiger partial charge in [-0.15, -0.1) is 0 Å². The van der Waals surface area contributed by atoms with Crippen molar-refractivity contribution in [2.75, 3.05) is 5.32 Å². The number of hydrogen-bond acceptors (Lipinski definition) is 4. The minimum absolute atomic E-state index is 0.0589. The van der Waals surface area contributed by atoms with Crippen LogP contribution >= 0.6 is 11.6 Å². The Labute approximate surface area is 141 Å². The molecule has 0 amide bonds. The van der Waals surface area contributed by atoms with Gasteiger partial charge in [-0.25, -0.2) is 4.39 Å². The van der Waals surface area contributed by atoms with Crippen LogP contribution in [0, 0.1) is 5.82 Å². The van der Waals surface area contributed by atoms with E-state index in [9.17, 15) is 4.39 Å². The summed E-state index contributed by atoms with van der Waals surface area (Å²) in [5.41, 5.74) is 3.44. The van der Waals surface area contributed by atoms with Crippen LogP contribution in [0.3, 0.4) is 0 Å². The molecule has 24 heavy (non-hydrogen) atoms. The van der Waals surface area contributed by atoms with Crippen LogP contribution in [-0.2, 0) is 0 Å². The first kappa shape index (κ1) is 14.7. The summed E-state index contributed by atoms with van der Waals surface area (Å²) >= 11 is 5.82. The van der Waals surface area contributed by atoms with Crippen LogP contribution in [0.25, 0.3) is 22.4 Å². The standard InChI is InChI=1S/C18H11ClFN3O/c19-13-9-11(4-5-14(13)20)23-16-10-24-18-12(16)6-8-22-17(18)15-3-1-2-7-21-15/h1-10,23H. The molecule has 0 aliphatic carbocycles. The minimum Gasteiger partial charge on any atom is -0.460 e. The zero-order valence-electron chi connectivity index (χ0n) is 12.3. The topological polar surface area (TPSA) is 51.0 Å². The number of aromatic nitrogens is 2. The van der Waals surface area contributed by atoms with Crippen LogP contribution in [-0.4, -0.2) is 9.97 Å². The number of pyridine rings is 2. The average molecular weight is 340 g/mol. The zero-order chi connectivity index (χ0) is 16.5. The average Bonchev–Trinajstić information content (AvgIpc) is 3.02. The Morgan fingerprint density at radius 3 is 2.75 bits per heavy atom. The fourth-order valence-corrected chi connectivity index (χ4v) is 2.65. The Kier molecular flexibility index (Phi) is 3.63. The molecule has 3 aromatic heterocycles. The summed E-state index contributed by atoms with van der Waals surface area (Å²) in [6.45, 7) is 0. The number of fused-ring (bicyclic) bond motifs is 1. The van der Waals surface area contributed by atoms with Crippen molar-refractivity contribution in [1.29, 1.82) is 0 Å². The molecule has 4 nitrogen and oxygen atoms in total. The highest BCUT2D eigenvalue weighted by atomic mass is 35.5. The van der Waals surface area contributed by atoms with Crippen molar-refractivity contribution < 1.29 is 8.81 Å². The second-order valence-electron chi connectivity index (χ2n) is 5.15. The Morgan fingerprint density at radius 2 is 1.96 bits per heavy atom. The molecule has 1 aromatic carbocycles. The van der Waals surface area contributed by atoms with E-state index in [4.69, 9.17) is 16.0 Å². The number of furan rings is 1. The highest BCUT2D eigenvalue weighted by molar-refractivity contribution is 6.31. The van der Waals surface area contributed by atoms with Crippen LogP contribution in [0.5, 0.6) is 0 Å². The molecule has 0 unspecified atom stereocenters. The molecule has 0 saturated heterocycles. The molecule has 0 fully saturated rings. The lowest BCUT2D eigenvalue weighted by Crippen LogP contribution is -1.91. The summed E-state index contributed by atoms with van der Waals surface area (Å²) in [6.07, 6.45) is 5.00. The fraction of sp³-hybridized carbons (Fsp3) is 0. The van der Waals surface area contributed by atoms with E-state index in [2.05, 4.69) is 15.3 Å². The Balaban J connectivity index is 1.77. The number of rotatable bonds is 3. The molecule has 0 radical (unpaired) electrons. The predicted molar refractivity (Wildman–Crippen MR) is 91.9 cm³/mol. The van der Waals surface area contributed by atoms with Gasteiger partial charge in [0, 0.05) is 23.5 Å². The minimum atomic E-state index is -0.457. The van der Waals surface area contributed by atoms with Crippen molar-refractivity contribution in [2.45, 2.75) is 0 Å². The molecule has 0 saturated carbocycles. The molecule has 0 spiro atoms. The van der Waals surface area contributed by atoms with Gasteiger partial charge in [0.15, 0.2) is 5.58 Å². The first-order valence-electron chi connectivity index (χ1n) is 7.22. The molecule has 0 aliphatic heterocycles. The molecule has 3 heterocycles. The van der Waals surface area contributed by atoms with E-state index < -0.39 is 5.82 Å². The molecule has 4 aromatic rings. The van der Waals surface area contributed by atoms with Crippen molar-refractivity contribution in [3.63, 3.8) is 0 Å². The van der Waals surface area contributed by atoms with Gasteiger partial charge in [-0.2, -0.15) is 0 Å². The second kappa shape index (κ2) is 5.94. The van der Waals surface area contributed by atoms with E-state index in [1.807, 2.05) is 24.3 Å². The Morgan fingerprint density at radius 1 is 1.04 bits per heavy atom. The van der Waals surface area contributed by atoms with E-state index in [0.717, 1.165) is 16.8 Å². The highest BCUT2D eigenvalue weighted by Crippen LogP contribution is 2.33. The van der Waals surface area contributed by atoms with Gasteiger partial charge in [-0.3, -0.25) is 9.97 Å². The summed E-state index contributed by atoms with van der Waals surface area (Å²) < 4.78 is 19.0. The number of anilines is 2. The van der Waals surface area contributed by atoms with Crippen LogP contribution < -0.4 is 5.32 Å². The SMILES string of the molecule is Fc1ccc(Nc2coc3c(-c4ccccn4)nccc23)cc1Cl. The summed E-state index contributed by atoms with van der Waals surface area (Å²) in [7, 11) is 0. The first-order valence-corrected chi connectivity index (χ1v) is 7.60. The van der Waals surface area contributed by atoms with Crippen LogP contribution in [0.1, 0.15) is 0 Å². The summed E-state index contributed by atoms with van der Waals surface area (Å²) in [5, 5.41) is 4.09. The maximum atomic E-state index is 13.3. The third-order valence-electron chi connectivity index (χ3n) is 3.60. The van der Waals surface area contributed by atoms with Gasteiger partial charge < -0.3 is 9.73 Å². The van der Waals surface area contributed by atoms with E-state index in [1.165, 1.54) is 12.1 Å². The lowest BCUT2D eigenvalue weighted by molar-refractivity contribution is 0.616. The summed E-state index contributed by atoms with van der Waals surface area (Å²) in [4.78, 5) is 8.68. The number of halogens is 2. The van der Waals surface area contributed by atoms with Crippen molar-refractivity contribution in [3.05, 3.63) is 72.0 Å². The molecular formula is C18H11ClFN3O. The van der Waals surface area contributed by atoms with E-state index >= 15 is 0 Å². The third-order valence-corrected chi connectivity index (χ3v) is 3.89. The lowest BCUT2D eigenvalue weighted by Gasteiger charge is -2.05. The van der Waals surface area contributed by atoms with Gasteiger partial charge in [-0.05, 0) is 36.4 Å². The molecular weight excluding hydrogens is 329 g/mol. The molecule has 0 aliphatic rings. The maximum Gasteiger partial charge on any atom is 0.163 e. The predicted octanol–water partition coefficient (Wildman–Crippen LogP) is 5.43. The quantitative estimate of drug-likeness (QED) is 0.541. The fourth-order valence-electron chi connectivity index (χ4n) is 2.47. The van der Waals surface area contributed by atoms with Crippen molar-refractivity contribution >= 4 is 33.9 Å². The monoisotopic (exact) mass is 339 g/mol. The van der Waals surface area contributed by atoms with Crippen LogP contribution in [0.2, 0.25) is 5.02 Å². The van der Waals surface area contributed by atoms with E-state index in [-0.39, 0.29) is 5.02 Å². The number of hydrogen-bond donors (Lipinski definition) is 1. The maximum absolute atomic E-state index is 13.3. The Hall–Kier alpha value is -2.92. The van der Waals surface area contributed by atoms with Gasteiger partial charge >= 0.3 is 0 Å². The van der Waals surface area contributed by atoms with Gasteiger partial charge in [0.05, 0.1) is 16.4 Å². The van der Waals surface area contributed by atoms with Crippen molar-refractivity contribution in [1.82, 2.24) is 9.97 Å².